The summed E-state index contributed by atoms with van der Waals surface area (Å²) in [6.07, 6.45) is 2.67. The Bertz CT molecular complexity index is 209. The number of hydrogen-bond donors (Lipinski definition) is 2. The standard InChI is InChI=1S/C9H18N2O2S/c1-6(8(5-12)14-2)11-4-3-7(10)9(11)13/h6-8,12H,3-5,10H2,1-2H3. The molecule has 82 valence electrons. The number of amides is 1. The third-order valence-electron chi connectivity index (χ3n) is 2.79. The van der Waals surface area contributed by atoms with E-state index in [1.165, 1.54) is 0 Å². The second kappa shape index (κ2) is 5.00. The van der Waals surface area contributed by atoms with E-state index in [1.54, 1.807) is 16.7 Å². The maximum Gasteiger partial charge on any atom is 0.239 e. The maximum absolute atomic E-state index is 11.6. The maximum atomic E-state index is 11.6. The van der Waals surface area contributed by atoms with Gasteiger partial charge < -0.3 is 15.7 Å². The van der Waals surface area contributed by atoms with E-state index in [0.717, 1.165) is 13.0 Å². The van der Waals surface area contributed by atoms with Gasteiger partial charge in [0.2, 0.25) is 5.91 Å². The predicted molar refractivity (Wildman–Crippen MR) is 58.2 cm³/mol. The minimum atomic E-state index is -0.335. The highest BCUT2D eigenvalue weighted by Gasteiger charge is 2.34. The number of hydrogen-bond acceptors (Lipinski definition) is 4. The number of nitrogens with zero attached hydrogens (tertiary/aromatic N) is 1. The summed E-state index contributed by atoms with van der Waals surface area (Å²) in [4.78, 5) is 13.4. The third-order valence-corrected chi connectivity index (χ3v) is 3.94. The molecule has 1 saturated heterocycles. The molecular weight excluding hydrogens is 200 g/mol. The fourth-order valence-corrected chi connectivity index (χ4v) is 2.44. The number of rotatable bonds is 4. The van der Waals surface area contributed by atoms with Crippen LogP contribution in [0.25, 0.3) is 0 Å². The van der Waals surface area contributed by atoms with Gasteiger partial charge in [0, 0.05) is 17.8 Å². The lowest BCUT2D eigenvalue weighted by atomic mass is 10.2. The lowest BCUT2D eigenvalue weighted by Crippen LogP contribution is -2.45. The fraction of sp³-hybridized carbons (Fsp3) is 0.889. The summed E-state index contributed by atoms with van der Waals surface area (Å²) in [5.41, 5.74) is 5.63. The van der Waals surface area contributed by atoms with Crippen LogP contribution in [0.4, 0.5) is 0 Å². The second-order valence-electron chi connectivity index (χ2n) is 3.62. The molecule has 0 aromatic rings. The van der Waals surface area contributed by atoms with E-state index in [2.05, 4.69) is 0 Å². The Balaban J connectivity index is 2.60. The first-order chi connectivity index (χ1) is 6.61. The molecule has 0 spiro atoms. The van der Waals surface area contributed by atoms with Crippen molar-refractivity contribution < 1.29 is 9.90 Å². The van der Waals surface area contributed by atoms with Gasteiger partial charge in [-0.2, -0.15) is 11.8 Å². The van der Waals surface area contributed by atoms with Crippen molar-refractivity contribution in [3.8, 4) is 0 Å². The molecule has 1 heterocycles. The Kier molecular flexibility index (Phi) is 4.22. The Morgan fingerprint density at radius 1 is 1.79 bits per heavy atom. The van der Waals surface area contributed by atoms with Crippen LogP contribution in [0.3, 0.4) is 0 Å². The van der Waals surface area contributed by atoms with Gasteiger partial charge in [0.25, 0.3) is 0 Å². The molecule has 1 rings (SSSR count). The molecule has 1 aliphatic heterocycles. The summed E-state index contributed by atoms with van der Waals surface area (Å²) >= 11 is 1.58. The lowest BCUT2D eigenvalue weighted by Gasteiger charge is -2.29. The van der Waals surface area contributed by atoms with Gasteiger partial charge in [0.1, 0.15) is 0 Å². The highest BCUT2D eigenvalue weighted by molar-refractivity contribution is 7.99. The van der Waals surface area contributed by atoms with Gasteiger partial charge in [0.15, 0.2) is 0 Å². The van der Waals surface area contributed by atoms with Crippen LogP contribution >= 0.6 is 11.8 Å². The van der Waals surface area contributed by atoms with Crippen molar-refractivity contribution in [3.05, 3.63) is 0 Å². The summed E-state index contributed by atoms with van der Waals surface area (Å²) in [5.74, 6) is 0.0185. The second-order valence-corrected chi connectivity index (χ2v) is 4.70. The van der Waals surface area contributed by atoms with E-state index in [4.69, 9.17) is 10.8 Å². The van der Waals surface area contributed by atoms with E-state index in [9.17, 15) is 4.79 Å². The number of aliphatic hydroxyl groups excluding tert-OH is 1. The zero-order chi connectivity index (χ0) is 10.7. The van der Waals surface area contributed by atoms with Crippen LogP contribution in [0.1, 0.15) is 13.3 Å². The van der Waals surface area contributed by atoms with Gasteiger partial charge in [-0.15, -0.1) is 0 Å². The molecule has 1 fully saturated rings. The number of aliphatic hydroxyl groups is 1. The van der Waals surface area contributed by atoms with Gasteiger partial charge >= 0.3 is 0 Å². The van der Waals surface area contributed by atoms with E-state index in [-0.39, 0.29) is 29.8 Å². The molecule has 3 N–H and O–H groups in total. The minimum Gasteiger partial charge on any atom is -0.395 e. The number of nitrogens with two attached hydrogens (primary N) is 1. The fourth-order valence-electron chi connectivity index (χ4n) is 1.75. The molecule has 3 unspecified atom stereocenters. The van der Waals surface area contributed by atoms with Crippen molar-refractivity contribution in [2.24, 2.45) is 5.73 Å². The monoisotopic (exact) mass is 218 g/mol. The molecule has 3 atom stereocenters. The average Bonchev–Trinajstić information content (AvgIpc) is 2.49. The Labute approximate surface area is 88.8 Å². The summed E-state index contributed by atoms with van der Waals surface area (Å²) in [7, 11) is 0. The van der Waals surface area contributed by atoms with Gasteiger partial charge in [-0.1, -0.05) is 0 Å². The molecule has 1 aliphatic rings. The minimum absolute atomic E-state index is 0.0185. The predicted octanol–water partition coefficient (Wildman–Crippen LogP) is -0.342. The third kappa shape index (κ3) is 2.21. The molecule has 0 aromatic heterocycles. The van der Waals surface area contributed by atoms with Gasteiger partial charge in [-0.25, -0.2) is 0 Å². The van der Waals surface area contributed by atoms with Crippen molar-refractivity contribution in [1.82, 2.24) is 4.90 Å². The van der Waals surface area contributed by atoms with Crippen LogP contribution in [-0.2, 0) is 4.79 Å². The molecule has 1 amide bonds. The number of carbonyl (C=O) groups excluding carboxylic acids is 1. The first kappa shape index (κ1) is 11.8. The van der Waals surface area contributed by atoms with Crippen molar-refractivity contribution in [2.75, 3.05) is 19.4 Å². The molecule has 4 nitrogen and oxygen atoms in total. The Hall–Kier alpha value is -0.260. The average molecular weight is 218 g/mol. The zero-order valence-electron chi connectivity index (χ0n) is 8.64. The molecule has 0 aliphatic carbocycles. The van der Waals surface area contributed by atoms with E-state index >= 15 is 0 Å². The molecule has 0 aromatic carbocycles. The first-order valence-corrected chi connectivity index (χ1v) is 6.10. The van der Waals surface area contributed by atoms with Crippen LogP contribution in [0, 0.1) is 0 Å². The zero-order valence-corrected chi connectivity index (χ0v) is 9.46. The molecular formula is C9H18N2O2S. The molecule has 0 bridgehead atoms. The smallest absolute Gasteiger partial charge is 0.239 e. The molecule has 5 heteroatoms. The van der Waals surface area contributed by atoms with Crippen molar-refractivity contribution in [3.63, 3.8) is 0 Å². The summed E-state index contributed by atoms with van der Waals surface area (Å²) < 4.78 is 0. The SMILES string of the molecule is CSC(CO)C(C)N1CCC(N)C1=O. The topological polar surface area (TPSA) is 66.6 Å². The largest absolute Gasteiger partial charge is 0.395 e. The quantitative estimate of drug-likeness (QED) is 0.677. The van der Waals surface area contributed by atoms with Crippen LogP contribution in [-0.4, -0.2) is 52.7 Å². The molecule has 0 saturated carbocycles. The van der Waals surface area contributed by atoms with Crippen molar-refractivity contribution in [2.45, 2.75) is 30.7 Å². The summed E-state index contributed by atoms with van der Waals surface area (Å²) in [5, 5.41) is 9.21. The van der Waals surface area contributed by atoms with Crippen LogP contribution in [0.5, 0.6) is 0 Å². The van der Waals surface area contributed by atoms with E-state index in [0.29, 0.717) is 0 Å². The Morgan fingerprint density at radius 3 is 2.79 bits per heavy atom. The lowest BCUT2D eigenvalue weighted by molar-refractivity contribution is -0.130. The normalized spacial score (nSPS) is 26.7. The van der Waals surface area contributed by atoms with Crippen molar-refractivity contribution >= 4 is 17.7 Å². The summed E-state index contributed by atoms with van der Waals surface area (Å²) in [6.45, 7) is 2.78. The Morgan fingerprint density at radius 2 is 2.43 bits per heavy atom. The van der Waals surface area contributed by atoms with Crippen LogP contribution in [0.15, 0.2) is 0 Å². The van der Waals surface area contributed by atoms with Crippen LogP contribution in [0.2, 0.25) is 0 Å². The molecule has 14 heavy (non-hydrogen) atoms. The molecule has 0 radical (unpaired) electrons. The number of carbonyl (C=O) groups is 1. The summed E-state index contributed by atoms with van der Waals surface area (Å²) in [6, 6.07) is -0.269. The van der Waals surface area contributed by atoms with Crippen LogP contribution < -0.4 is 5.73 Å². The highest BCUT2D eigenvalue weighted by atomic mass is 32.2. The van der Waals surface area contributed by atoms with E-state index < -0.39 is 0 Å². The van der Waals surface area contributed by atoms with Gasteiger partial charge in [-0.05, 0) is 19.6 Å². The van der Waals surface area contributed by atoms with Crippen molar-refractivity contribution in [1.29, 1.82) is 0 Å². The number of likely N-dealkylation sites (tertiary alicyclic amines) is 1. The number of thioether (sulfide) groups is 1. The van der Waals surface area contributed by atoms with Gasteiger partial charge in [-0.3, -0.25) is 4.79 Å². The van der Waals surface area contributed by atoms with E-state index in [1.807, 2.05) is 13.2 Å². The van der Waals surface area contributed by atoms with Gasteiger partial charge in [0.05, 0.1) is 12.6 Å². The first-order valence-electron chi connectivity index (χ1n) is 4.81. The highest BCUT2D eigenvalue weighted by Crippen LogP contribution is 2.20.